The molecule has 0 radical (unpaired) electrons. The van der Waals surface area contributed by atoms with E-state index in [4.69, 9.17) is 0 Å². The zero-order valence-corrected chi connectivity index (χ0v) is 15.0. The maximum Gasteiger partial charge on any atom is 0.261 e. The Hall–Kier alpha value is -2.69. The molecule has 25 heavy (non-hydrogen) atoms. The fourth-order valence-electron chi connectivity index (χ4n) is 2.52. The Bertz CT molecular complexity index is 755. The van der Waals surface area contributed by atoms with Crippen LogP contribution in [0.1, 0.15) is 29.8 Å². The van der Waals surface area contributed by atoms with E-state index >= 15 is 0 Å². The first-order valence-electron chi connectivity index (χ1n) is 8.18. The lowest BCUT2D eigenvalue weighted by Crippen LogP contribution is -2.37. The molecule has 2 aromatic carbocycles. The van der Waals surface area contributed by atoms with Gasteiger partial charge in [0.25, 0.3) is 5.91 Å². The van der Waals surface area contributed by atoms with Crippen molar-refractivity contribution in [2.75, 3.05) is 19.0 Å². The van der Waals surface area contributed by atoms with Crippen molar-refractivity contribution < 1.29 is 14.0 Å². The second-order valence-electron chi connectivity index (χ2n) is 6.38. The van der Waals surface area contributed by atoms with Crippen molar-refractivity contribution in [1.29, 1.82) is 0 Å². The van der Waals surface area contributed by atoms with Crippen molar-refractivity contribution in [3.05, 3.63) is 65.5 Å². The summed E-state index contributed by atoms with van der Waals surface area (Å²) in [6.07, 6.45) is 0.302. The summed E-state index contributed by atoms with van der Waals surface area (Å²) in [6, 6.07) is 13.0. The number of anilines is 1. The first-order valence-corrected chi connectivity index (χ1v) is 8.18. The second kappa shape index (κ2) is 7.92. The molecule has 2 rings (SSSR count). The van der Waals surface area contributed by atoms with Crippen LogP contribution in [0.3, 0.4) is 0 Å². The molecule has 0 heterocycles. The van der Waals surface area contributed by atoms with E-state index in [1.54, 1.807) is 43.3 Å². The molecule has 0 atom stereocenters. The molecular formula is C20H23FN2O2. The van der Waals surface area contributed by atoms with Gasteiger partial charge in [-0.15, -0.1) is 0 Å². The molecule has 0 N–H and O–H groups in total. The van der Waals surface area contributed by atoms with Gasteiger partial charge in [-0.3, -0.25) is 9.59 Å². The summed E-state index contributed by atoms with van der Waals surface area (Å²) in [5.41, 5.74) is 1.58. The van der Waals surface area contributed by atoms with Gasteiger partial charge in [0, 0.05) is 25.8 Å². The molecule has 0 aromatic heterocycles. The van der Waals surface area contributed by atoms with Crippen LogP contribution in [0.5, 0.6) is 0 Å². The summed E-state index contributed by atoms with van der Waals surface area (Å²) in [4.78, 5) is 27.7. The average Bonchev–Trinajstić information content (AvgIpc) is 2.56. The van der Waals surface area contributed by atoms with Crippen LogP contribution in [0.15, 0.2) is 48.5 Å². The number of hydrogen-bond donors (Lipinski definition) is 0. The fourth-order valence-corrected chi connectivity index (χ4v) is 2.52. The van der Waals surface area contributed by atoms with Crippen LogP contribution in [0.4, 0.5) is 10.1 Å². The largest absolute Gasteiger partial charge is 0.349 e. The predicted molar refractivity (Wildman–Crippen MR) is 97.2 cm³/mol. The highest BCUT2D eigenvalue weighted by molar-refractivity contribution is 6.06. The van der Waals surface area contributed by atoms with Crippen LogP contribution >= 0.6 is 0 Å². The monoisotopic (exact) mass is 342 g/mol. The molecule has 0 bridgehead atoms. The molecule has 4 nitrogen and oxygen atoms in total. The van der Waals surface area contributed by atoms with Crippen molar-refractivity contribution >= 4 is 17.5 Å². The minimum atomic E-state index is -0.536. The molecule has 0 fully saturated rings. The summed E-state index contributed by atoms with van der Waals surface area (Å²) in [5, 5.41) is 0. The van der Waals surface area contributed by atoms with E-state index in [0.29, 0.717) is 12.1 Å². The molecule has 0 unspecified atom stereocenters. The second-order valence-corrected chi connectivity index (χ2v) is 6.38. The van der Waals surface area contributed by atoms with Gasteiger partial charge in [0.05, 0.1) is 12.0 Å². The lowest BCUT2D eigenvalue weighted by molar-refractivity contribution is -0.127. The van der Waals surface area contributed by atoms with Gasteiger partial charge in [-0.25, -0.2) is 4.39 Å². The Balaban J connectivity index is 2.27. The standard InChI is InChI=1S/C20H23FN2O2/c1-14(2)23(20(25)17-7-5-6-8-18(17)21)16-11-9-15(10-12-16)13-19(24)22(3)4/h5-12,14H,13H2,1-4H3. The molecule has 132 valence electrons. The van der Waals surface area contributed by atoms with Gasteiger partial charge >= 0.3 is 0 Å². The molecule has 0 saturated carbocycles. The van der Waals surface area contributed by atoms with Crippen LogP contribution in [-0.4, -0.2) is 36.9 Å². The van der Waals surface area contributed by atoms with E-state index in [1.165, 1.54) is 17.0 Å². The summed E-state index contributed by atoms with van der Waals surface area (Å²) in [6.45, 7) is 3.75. The van der Waals surface area contributed by atoms with Crippen molar-refractivity contribution in [1.82, 2.24) is 4.90 Å². The minimum absolute atomic E-state index is 0.0101. The predicted octanol–water partition coefficient (Wildman–Crippen LogP) is 3.51. The first kappa shape index (κ1) is 18.6. The lowest BCUT2D eigenvalue weighted by atomic mass is 10.1. The van der Waals surface area contributed by atoms with Crippen LogP contribution < -0.4 is 4.90 Å². The Morgan fingerprint density at radius 1 is 1.00 bits per heavy atom. The summed E-state index contributed by atoms with van der Waals surface area (Å²) < 4.78 is 14.0. The highest BCUT2D eigenvalue weighted by Crippen LogP contribution is 2.22. The zero-order valence-electron chi connectivity index (χ0n) is 15.0. The summed E-state index contributed by atoms with van der Waals surface area (Å²) in [7, 11) is 3.43. The Labute approximate surface area is 147 Å². The van der Waals surface area contributed by atoms with Crippen molar-refractivity contribution in [3.8, 4) is 0 Å². The number of halogens is 1. The highest BCUT2D eigenvalue weighted by atomic mass is 19.1. The average molecular weight is 342 g/mol. The van der Waals surface area contributed by atoms with E-state index in [9.17, 15) is 14.0 Å². The van der Waals surface area contributed by atoms with Crippen LogP contribution in [0, 0.1) is 5.82 Å². The van der Waals surface area contributed by atoms with E-state index in [0.717, 1.165) is 5.56 Å². The van der Waals surface area contributed by atoms with Gasteiger partial charge in [0.2, 0.25) is 5.91 Å². The third-order valence-corrected chi connectivity index (χ3v) is 3.91. The number of hydrogen-bond acceptors (Lipinski definition) is 2. The van der Waals surface area contributed by atoms with Crippen LogP contribution in [0.2, 0.25) is 0 Å². The third-order valence-electron chi connectivity index (χ3n) is 3.91. The van der Waals surface area contributed by atoms with Crippen LogP contribution in [-0.2, 0) is 11.2 Å². The molecule has 0 aliphatic heterocycles. The van der Waals surface area contributed by atoms with Crippen molar-refractivity contribution in [2.24, 2.45) is 0 Å². The van der Waals surface area contributed by atoms with E-state index in [2.05, 4.69) is 0 Å². The molecule has 0 aliphatic rings. The first-order chi connectivity index (χ1) is 11.8. The lowest BCUT2D eigenvalue weighted by Gasteiger charge is -2.27. The van der Waals surface area contributed by atoms with Gasteiger partial charge in [-0.1, -0.05) is 24.3 Å². The van der Waals surface area contributed by atoms with Gasteiger partial charge < -0.3 is 9.80 Å². The number of amides is 2. The summed E-state index contributed by atoms with van der Waals surface area (Å²) >= 11 is 0. The highest BCUT2D eigenvalue weighted by Gasteiger charge is 2.23. The third kappa shape index (κ3) is 4.44. The minimum Gasteiger partial charge on any atom is -0.349 e. The fraction of sp³-hybridized carbons (Fsp3) is 0.300. The number of rotatable bonds is 5. The topological polar surface area (TPSA) is 40.6 Å². The Morgan fingerprint density at radius 2 is 1.60 bits per heavy atom. The maximum atomic E-state index is 14.0. The van der Waals surface area contributed by atoms with E-state index in [-0.39, 0.29) is 23.4 Å². The number of likely N-dealkylation sites (N-methyl/N-ethyl adjacent to an activating group) is 1. The molecule has 2 amide bonds. The van der Waals surface area contributed by atoms with Gasteiger partial charge in [-0.05, 0) is 43.7 Å². The molecule has 0 spiro atoms. The van der Waals surface area contributed by atoms with E-state index in [1.807, 2.05) is 26.0 Å². The van der Waals surface area contributed by atoms with Gasteiger partial charge in [0.15, 0.2) is 0 Å². The quantitative estimate of drug-likeness (QED) is 0.834. The summed E-state index contributed by atoms with van der Waals surface area (Å²) in [5.74, 6) is -0.910. The molecule has 5 heteroatoms. The van der Waals surface area contributed by atoms with E-state index < -0.39 is 5.82 Å². The molecule has 2 aromatic rings. The molecule has 0 saturated heterocycles. The number of benzene rings is 2. The van der Waals surface area contributed by atoms with Crippen molar-refractivity contribution in [2.45, 2.75) is 26.3 Å². The smallest absolute Gasteiger partial charge is 0.261 e. The maximum absolute atomic E-state index is 14.0. The SMILES string of the molecule is CC(C)N(C(=O)c1ccccc1F)c1ccc(CC(=O)N(C)C)cc1. The molecule has 0 aliphatic carbocycles. The van der Waals surface area contributed by atoms with Gasteiger partial charge in [-0.2, -0.15) is 0 Å². The van der Waals surface area contributed by atoms with Crippen LogP contribution in [0.25, 0.3) is 0 Å². The number of nitrogens with zero attached hydrogens (tertiary/aromatic N) is 2. The normalized spacial score (nSPS) is 10.6. The molecular weight excluding hydrogens is 319 g/mol. The number of carbonyl (C=O) groups is 2. The van der Waals surface area contributed by atoms with Crippen molar-refractivity contribution in [3.63, 3.8) is 0 Å². The zero-order chi connectivity index (χ0) is 18.6. The Morgan fingerprint density at radius 3 is 2.12 bits per heavy atom. The van der Waals surface area contributed by atoms with Gasteiger partial charge in [0.1, 0.15) is 5.82 Å². The number of carbonyl (C=O) groups excluding carboxylic acids is 2. The Kier molecular flexibility index (Phi) is 5.91.